The van der Waals surface area contributed by atoms with Crippen molar-refractivity contribution in [3.63, 3.8) is 0 Å². The third kappa shape index (κ3) is 15.2. The fourth-order valence-electron chi connectivity index (χ4n) is 2.23. The van der Waals surface area contributed by atoms with Gasteiger partial charge in [-0.15, -0.1) is 0 Å². The first-order valence-corrected chi connectivity index (χ1v) is 9.91. The van der Waals surface area contributed by atoms with Gasteiger partial charge in [-0.1, -0.05) is 18.2 Å². The third-order valence-electron chi connectivity index (χ3n) is 3.70. The molecule has 0 unspecified atom stereocenters. The highest BCUT2D eigenvalue weighted by Crippen LogP contribution is 2.07. The van der Waals surface area contributed by atoms with E-state index in [-0.39, 0.29) is 12.4 Å². The monoisotopic (exact) mass is 414 g/mol. The average Bonchev–Trinajstić information content (AvgIpc) is 2.73. The zero-order valence-corrected chi connectivity index (χ0v) is 17.3. The molecule has 0 saturated carbocycles. The second kappa shape index (κ2) is 18.6. The summed E-state index contributed by atoms with van der Waals surface area (Å²) in [7, 11) is 0. The molecular weight excluding hydrogens is 380 g/mol. The van der Waals surface area contributed by atoms with Crippen LogP contribution in [-0.2, 0) is 35.0 Å². The number of carbonyl (C=O) groups is 1. The number of Topliss-reactive ketones (excluding diaryl/α,β-unsaturated/α-hetero) is 1. The van der Waals surface area contributed by atoms with Crippen LogP contribution < -0.4 is 0 Å². The normalized spacial score (nSPS) is 11.1. The number of hydrogen-bond donors (Lipinski definition) is 1. The first-order valence-electron chi connectivity index (χ1n) is 9.91. The van der Waals surface area contributed by atoms with Gasteiger partial charge in [-0.25, -0.2) is 0 Å². The summed E-state index contributed by atoms with van der Waals surface area (Å²) in [6, 6.07) is 7.43. The number of rotatable bonds is 20. The minimum absolute atomic E-state index is 0.0278. The lowest BCUT2D eigenvalue weighted by molar-refractivity contribution is -0.0190. The Labute approximate surface area is 173 Å². The lowest BCUT2D eigenvalue weighted by Gasteiger charge is -2.08. The standard InChI is InChI=1S/C21H34O8/c1-19(23)21-4-2-3-20(17-21)18-29-16-15-28-14-13-27-12-11-26-10-9-25-8-7-24-6-5-22/h2-4,17,22H,5-16,18H2,1H3. The summed E-state index contributed by atoms with van der Waals surface area (Å²) in [5.41, 5.74) is 1.67. The van der Waals surface area contributed by atoms with Gasteiger partial charge in [0.15, 0.2) is 5.78 Å². The number of carbonyl (C=O) groups excluding carboxylic acids is 1. The van der Waals surface area contributed by atoms with Crippen LogP contribution >= 0.6 is 0 Å². The van der Waals surface area contributed by atoms with E-state index in [9.17, 15) is 4.79 Å². The minimum Gasteiger partial charge on any atom is -0.394 e. The number of aliphatic hydroxyl groups is 1. The van der Waals surface area contributed by atoms with E-state index in [4.69, 9.17) is 33.5 Å². The van der Waals surface area contributed by atoms with E-state index >= 15 is 0 Å². The summed E-state index contributed by atoms with van der Waals surface area (Å²) in [6.45, 7) is 7.34. The van der Waals surface area contributed by atoms with Crippen LogP contribution in [0.1, 0.15) is 22.8 Å². The fraction of sp³-hybridized carbons (Fsp3) is 0.667. The molecule has 0 heterocycles. The van der Waals surface area contributed by atoms with Gasteiger partial charge in [0.05, 0.1) is 85.9 Å². The first-order chi connectivity index (χ1) is 14.2. The maximum absolute atomic E-state index is 11.3. The zero-order chi connectivity index (χ0) is 21.0. The fourth-order valence-corrected chi connectivity index (χ4v) is 2.23. The second-order valence-electron chi connectivity index (χ2n) is 6.09. The smallest absolute Gasteiger partial charge is 0.159 e. The van der Waals surface area contributed by atoms with E-state index in [1.165, 1.54) is 0 Å². The molecular formula is C21H34O8. The highest BCUT2D eigenvalue weighted by Gasteiger charge is 2.00. The predicted molar refractivity (Wildman–Crippen MR) is 107 cm³/mol. The topological polar surface area (TPSA) is 92.7 Å². The Balaban J connectivity index is 1.79. The van der Waals surface area contributed by atoms with Crippen LogP contribution in [0.2, 0.25) is 0 Å². The van der Waals surface area contributed by atoms with Crippen LogP contribution in [0, 0.1) is 0 Å². The molecule has 0 amide bonds. The summed E-state index contributed by atoms with van der Waals surface area (Å²) in [5, 5.41) is 8.53. The summed E-state index contributed by atoms with van der Waals surface area (Å²) in [5.74, 6) is 0.0503. The van der Waals surface area contributed by atoms with E-state index in [2.05, 4.69) is 0 Å². The van der Waals surface area contributed by atoms with Crippen molar-refractivity contribution in [3.8, 4) is 0 Å². The summed E-state index contributed by atoms with van der Waals surface area (Å²) in [4.78, 5) is 11.3. The molecule has 8 heteroatoms. The molecule has 0 bridgehead atoms. The van der Waals surface area contributed by atoms with Crippen molar-refractivity contribution in [2.24, 2.45) is 0 Å². The molecule has 0 aromatic heterocycles. The summed E-state index contributed by atoms with van der Waals surface area (Å²) >= 11 is 0. The maximum atomic E-state index is 11.3. The van der Waals surface area contributed by atoms with Crippen molar-refractivity contribution in [2.75, 3.05) is 79.3 Å². The third-order valence-corrected chi connectivity index (χ3v) is 3.70. The van der Waals surface area contributed by atoms with Crippen molar-refractivity contribution >= 4 is 5.78 Å². The molecule has 0 aliphatic rings. The molecule has 0 atom stereocenters. The van der Waals surface area contributed by atoms with Crippen molar-refractivity contribution in [3.05, 3.63) is 35.4 Å². The molecule has 29 heavy (non-hydrogen) atoms. The molecule has 0 spiro atoms. The summed E-state index contributed by atoms with van der Waals surface area (Å²) in [6.07, 6.45) is 0. The lowest BCUT2D eigenvalue weighted by Crippen LogP contribution is -2.14. The quantitative estimate of drug-likeness (QED) is 0.253. The molecule has 1 aromatic carbocycles. The van der Waals surface area contributed by atoms with Gasteiger partial charge < -0.3 is 33.5 Å². The van der Waals surface area contributed by atoms with Crippen molar-refractivity contribution in [1.29, 1.82) is 0 Å². The van der Waals surface area contributed by atoms with Crippen LogP contribution in [0.15, 0.2) is 24.3 Å². The van der Waals surface area contributed by atoms with Gasteiger partial charge in [-0.2, -0.15) is 0 Å². The average molecular weight is 414 g/mol. The highest BCUT2D eigenvalue weighted by molar-refractivity contribution is 5.94. The number of hydrogen-bond acceptors (Lipinski definition) is 8. The van der Waals surface area contributed by atoms with Gasteiger partial charge >= 0.3 is 0 Å². The lowest BCUT2D eigenvalue weighted by atomic mass is 10.1. The van der Waals surface area contributed by atoms with Crippen LogP contribution in [0.4, 0.5) is 0 Å². The number of benzene rings is 1. The van der Waals surface area contributed by atoms with Gasteiger partial charge in [0.2, 0.25) is 0 Å². The van der Waals surface area contributed by atoms with E-state index < -0.39 is 0 Å². The molecule has 0 saturated heterocycles. The first kappa shape index (κ1) is 25.6. The highest BCUT2D eigenvalue weighted by atomic mass is 16.6. The summed E-state index contributed by atoms with van der Waals surface area (Å²) < 4.78 is 32.1. The van der Waals surface area contributed by atoms with E-state index in [1.807, 2.05) is 18.2 Å². The van der Waals surface area contributed by atoms with Crippen molar-refractivity contribution < 1.29 is 38.3 Å². The molecule has 1 aromatic rings. The van der Waals surface area contributed by atoms with Gasteiger partial charge in [-0.05, 0) is 18.6 Å². The Kier molecular flexibility index (Phi) is 16.5. The SMILES string of the molecule is CC(=O)c1cccc(COCCOCCOCCOCCOCCOCCO)c1. The molecule has 1 rings (SSSR count). The molecule has 166 valence electrons. The van der Waals surface area contributed by atoms with Gasteiger partial charge in [-0.3, -0.25) is 4.79 Å². The Morgan fingerprint density at radius 3 is 1.62 bits per heavy atom. The van der Waals surface area contributed by atoms with Gasteiger partial charge in [0.25, 0.3) is 0 Å². The molecule has 1 N–H and O–H groups in total. The van der Waals surface area contributed by atoms with E-state index in [1.54, 1.807) is 13.0 Å². The van der Waals surface area contributed by atoms with E-state index in [0.29, 0.717) is 84.8 Å². The Bertz CT molecular complexity index is 523. The largest absolute Gasteiger partial charge is 0.394 e. The molecule has 0 aliphatic carbocycles. The number of ketones is 1. The molecule has 0 fully saturated rings. The second-order valence-corrected chi connectivity index (χ2v) is 6.09. The van der Waals surface area contributed by atoms with Crippen molar-refractivity contribution in [2.45, 2.75) is 13.5 Å². The number of ether oxygens (including phenoxy) is 6. The van der Waals surface area contributed by atoms with Crippen LogP contribution in [0.3, 0.4) is 0 Å². The predicted octanol–water partition coefficient (Wildman–Crippen LogP) is 1.48. The van der Waals surface area contributed by atoms with Gasteiger partial charge in [0, 0.05) is 5.56 Å². The van der Waals surface area contributed by atoms with Crippen LogP contribution in [-0.4, -0.2) is 90.2 Å². The zero-order valence-electron chi connectivity index (χ0n) is 17.3. The Morgan fingerprint density at radius 2 is 1.17 bits per heavy atom. The molecule has 0 aliphatic heterocycles. The number of aliphatic hydroxyl groups excluding tert-OH is 1. The van der Waals surface area contributed by atoms with E-state index in [0.717, 1.165) is 5.56 Å². The molecule has 8 nitrogen and oxygen atoms in total. The minimum atomic E-state index is 0.0278. The van der Waals surface area contributed by atoms with Gasteiger partial charge in [0.1, 0.15) is 0 Å². The molecule has 0 radical (unpaired) electrons. The Morgan fingerprint density at radius 1 is 0.724 bits per heavy atom. The van der Waals surface area contributed by atoms with Crippen LogP contribution in [0.5, 0.6) is 0 Å². The van der Waals surface area contributed by atoms with Crippen molar-refractivity contribution in [1.82, 2.24) is 0 Å². The maximum Gasteiger partial charge on any atom is 0.159 e. The van der Waals surface area contributed by atoms with Crippen LogP contribution in [0.25, 0.3) is 0 Å². The Hall–Kier alpha value is -1.39.